The van der Waals surface area contributed by atoms with Gasteiger partial charge < -0.3 is 20.4 Å². The summed E-state index contributed by atoms with van der Waals surface area (Å²) in [5.74, 6) is -0.0331. The number of phenols is 3. The van der Waals surface area contributed by atoms with Crippen LogP contribution >= 0.6 is 0 Å². The summed E-state index contributed by atoms with van der Waals surface area (Å²) in [7, 11) is 0. The SMILES string of the molecule is O=C(O)c1cc(C23CC4CC(C2)CC(c2ccc(O)cc2O)(C4)C3)ccc1O. The van der Waals surface area contributed by atoms with Gasteiger partial charge in [0.15, 0.2) is 0 Å². The summed E-state index contributed by atoms with van der Waals surface area (Å²) >= 11 is 0. The highest BCUT2D eigenvalue weighted by molar-refractivity contribution is 5.91. The van der Waals surface area contributed by atoms with E-state index < -0.39 is 5.97 Å². The number of hydrogen-bond donors (Lipinski definition) is 4. The molecule has 0 saturated heterocycles. The zero-order valence-corrected chi connectivity index (χ0v) is 15.6. The molecule has 0 heterocycles. The molecule has 2 unspecified atom stereocenters. The van der Waals surface area contributed by atoms with Gasteiger partial charge in [0, 0.05) is 17.0 Å². The minimum atomic E-state index is -1.12. The van der Waals surface area contributed by atoms with Crippen molar-refractivity contribution in [3.8, 4) is 17.2 Å². The third-order valence-corrected chi connectivity index (χ3v) is 7.45. The van der Waals surface area contributed by atoms with Crippen molar-refractivity contribution < 1.29 is 25.2 Å². The Kier molecular flexibility index (Phi) is 3.52. The number of carboxylic acids is 1. The Morgan fingerprint density at radius 1 is 0.857 bits per heavy atom. The maximum absolute atomic E-state index is 11.5. The number of aromatic hydroxyl groups is 3. The van der Waals surface area contributed by atoms with Crippen LogP contribution in [0.4, 0.5) is 0 Å². The zero-order valence-electron chi connectivity index (χ0n) is 15.6. The summed E-state index contributed by atoms with van der Waals surface area (Å²) < 4.78 is 0. The van der Waals surface area contributed by atoms with Crippen LogP contribution in [0.25, 0.3) is 0 Å². The summed E-state index contributed by atoms with van der Waals surface area (Å²) in [6, 6.07) is 9.94. The lowest BCUT2D eigenvalue weighted by molar-refractivity contribution is -0.0289. The van der Waals surface area contributed by atoms with Crippen LogP contribution in [0.3, 0.4) is 0 Å². The summed E-state index contributed by atoms with van der Waals surface area (Å²) in [6.45, 7) is 0. The van der Waals surface area contributed by atoms with E-state index in [1.807, 2.05) is 12.1 Å². The topological polar surface area (TPSA) is 98.0 Å². The number of benzene rings is 2. The van der Waals surface area contributed by atoms with E-state index in [0.29, 0.717) is 11.8 Å². The molecular weight excluding hydrogens is 356 g/mol. The molecule has 2 aromatic rings. The van der Waals surface area contributed by atoms with Gasteiger partial charge >= 0.3 is 5.97 Å². The molecule has 5 heteroatoms. The highest BCUT2D eigenvalue weighted by atomic mass is 16.4. The van der Waals surface area contributed by atoms with Gasteiger partial charge in [-0.05, 0) is 79.5 Å². The van der Waals surface area contributed by atoms with Crippen molar-refractivity contribution in [2.24, 2.45) is 11.8 Å². The van der Waals surface area contributed by atoms with Gasteiger partial charge in [0.1, 0.15) is 22.8 Å². The number of phenolic OH excluding ortho intramolecular Hbond substituents is 2. The molecule has 4 saturated carbocycles. The Balaban J connectivity index is 1.63. The van der Waals surface area contributed by atoms with E-state index in [1.54, 1.807) is 12.1 Å². The number of hydrogen-bond acceptors (Lipinski definition) is 4. The lowest BCUT2D eigenvalue weighted by atomic mass is 9.41. The molecule has 6 rings (SSSR count). The van der Waals surface area contributed by atoms with Crippen LogP contribution in [0.15, 0.2) is 36.4 Å². The lowest BCUT2D eigenvalue weighted by Crippen LogP contribution is -2.56. The van der Waals surface area contributed by atoms with Gasteiger partial charge in [0.2, 0.25) is 0 Å². The first kappa shape index (κ1) is 17.4. The van der Waals surface area contributed by atoms with Gasteiger partial charge in [0.25, 0.3) is 0 Å². The molecule has 4 fully saturated rings. The zero-order chi connectivity index (χ0) is 19.7. The molecule has 0 radical (unpaired) electrons. The number of aromatic carboxylic acids is 1. The van der Waals surface area contributed by atoms with E-state index in [1.165, 1.54) is 18.6 Å². The molecule has 4 bridgehead atoms. The Hall–Kier alpha value is -2.69. The molecule has 0 aliphatic heterocycles. The molecule has 0 aromatic heterocycles. The van der Waals surface area contributed by atoms with Crippen LogP contribution in [-0.2, 0) is 10.8 Å². The molecule has 4 N–H and O–H groups in total. The second-order valence-electron chi connectivity index (χ2n) is 9.26. The van der Waals surface area contributed by atoms with E-state index in [2.05, 4.69) is 0 Å². The summed E-state index contributed by atoms with van der Waals surface area (Å²) in [6.07, 6.45) is 6.13. The van der Waals surface area contributed by atoms with E-state index in [0.717, 1.165) is 43.2 Å². The predicted octanol–water partition coefficient (Wildman–Crippen LogP) is 4.29. The Labute approximate surface area is 163 Å². The minimum Gasteiger partial charge on any atom is -0.508 e. The second-order valence-corrected chi connectivity index (χ2v) is 9.26. The maximum atomic E-state index is 11.5. The first-order valence-electron chi connectivity index (χ1n) is 9.90. The van der Waals surface area contributed by atoms with Crippen LogP contribution in [0.1, 0.15) is 60.0 Å². The third-order valence-electron chi connectivity index (χ3n) is 7.45. The van der Waals surface area contributed by atoms with E-state index in [-0.39, 0.29) is 33.6 Å². The Morgan fingerprint density at radius 2 is 1.54 bits per heavy atom. The standard InChI is InChI=1S/C23H24O5/c24-16-2-3-18(20(26)7-16)23-10-13-5-14(11-23)9-22(8-13,12-23)15-1-4-19(25)17(6-15)21(27)28/h1-4,6-7,13-14,24-26H,5,8-12H2,(H,27,28). The second kappa shape index (κ2) is 5.66. The highest BCUT2D eigenvalue weighted by Gasteiger charge is 2.59. The largest absolute Gasteiger partial charge is 0.508 e. The average Bonchev–Trinajstić information content (AvgIpc) is 2.60. The fourth-order valence-electron chi connectivity index (χ4n) is 6.92. The Morgan fingerprint density at radius 3 is 2.18 bits per heavy atom. The van der Waals surface area contributed by atoms with E-state index in [9.17, 15) is 25.2 Å². The van der Waals surface area contributed by atoms with Crippen LogP contribution in [0, 0.1) is 11.8 Å². The van der Waals surface area contributed by atoms with Crippen molar-refractivity contribution in [1.82, 2.24) is 0 Å². The van der Waals surface area contributed by atoms with Gasteiger partial charge in [-0.1, -0.05) is 12.1 Å². The van der Waals surface area contributed by atoms with Crippen molar-refractivity contribution in [3.63, 3.8) is 0 Å². The Bertz CT molecular complexity index is 965. The van der Waals surface area contributed by atoms with E-state index >= 15 is 0 Å². The molecule has 2 atom stereocenters. The molecule has 0 amide bonds. The molecule has 4 aliphatic rings. The molecular formula is C23H24O5. The summed E-state index contributed by atoms with van der Waals surface area (Å²) in [5.41, 5.74) is 1.56. The quantitative estimate of drug-likeness (QED) is 0.637. The number of carbonyl (C=O) groups is 1. The number of rotatable bonds is 3. The highest BCUT2D eigenvalue weighted by Crippen LogP contribution is 2.67. The molecule has 5 nitrogen and oxygen atoms in total. The summed E-state index contributed by atoms with van der Waals surface area (Å²) in [5, 5.41) is 39.7. The molecule has 28 heavy (non-hydrogen) atoms. The number of carboxylic acid groups (broad SMARTS) is 1. The van der Waals surface area contributed by atoms with Gasteiger partial charge in [-0.25, -0.2) is 4.79 Å². The van der Waals surface area contributed by atoms with Crippen molar-refractivity contribution >= 4 is 5.97 Å². The molecule has 146 valence electrons. The summed E-state index contributed by atoms with van der Waals surface area (Å²) in [4.78, 5) is 11.5. The fraction of sp³-hybridized carbons (Fsp3) is 0.435. The van der Waals surface area contributed by atoms with Crippen LogP contribution < -0.4 is 0 Å². The van der Waals surface area contributed by atoms with Crippen LogP contribution in [0.2, 0.25) is 0 Å². The third kappa shape index (κ3) is 2.42. The van der Waals surface area contributed by atoms with Gasteiger partial charge in [-0.3, -0.25) is 0 Å². The van der Waals surface area contributed by atoms with Crippen molar-refractivity contribution in [3.05, 3.63) is 53.1 Å². The normalized spacial score (nSPS) is 33.1. The fourth-order valence-corrected chi connectivity index (χ4v) is 6.92. The molecule has 4 aliphatic carbocycles. The van der Waals surface area contributed by atoms with Crippen molar-refractivity contribution in [2.75, 3.05) is 0 Å². The predicted molar refractivity (Wildman–Crippen MR) is 103 cm³/mol. The lowest BCUT2D eigenvalue weighted by Gasteiger charge is -2.62. The minimum absolute atomic E-state index is 0.0465. The monoisotopic (exact) mass is 380 g/mol. The van der Waals surface area contributed by atoms with Gasteiger partial charge in [0.05, 0.1) is 0 Å². The average molecular weight is 380 g/mol. The molecule has 2 aromatic carbocycles. The maximum Gasteiger partial charge on any atom is 0.339 e. The first-order chi connectivity index (χ1) is 13.3. The van der Waals surface area contributed by atoms with Crippen molar-refractivity contribution in [2.45, 2.75) is 49.4 Å². The van der Waals surface area contributed by atoms with Gasteiger partial charge in [-0.15, -0.1) is 0 Å². The molecule has 0 spiro atoms. The van der Waals surface area contributed by atoms with Crippen LogP contribution in [0.5, 0.6) is 17.2 Å². The van der Waals surface area contributed by atoms with Crippen LogP contribution in [-0.4, -0.2) is 26.4 Å². The van der Waals surface area contributed by atoms with Gasteiger partial charge in [-0.2, -0.15) is 0 Å². The first-order valence-corrected chi connectivity index (χ1v) is 9.90. The van der Waals surface area contributed by atoms with E-state index in [4.69, 9.17) is 0 Å². The van der Waals surface area contributed by atoms with Crippen molar-refractivity contribution in [1.29, 1.82) is 0 Å². The smallest absolute Gasteiger partial charge is 0.339 e.